The first-order chi connectivity index (χ1) is 6.49. The predicted octanol–water partition coefficient (Wildman–Crippen LogP) is 1.41. The van der Waals surface area contributed by atoms with Crippen molar-refractivity contribution in [2.75, 3.05) is 5.88 Å². The Balaban J connectivity index is 2.72. The molecule has 0 radical (unpaired) electrons. The molecule has 4 nitrogen and oxygen atoms in total. The van der Waals surface area contributed by atoms with E-state index < -0.39 is 23.5 Å². The lowest BCUT2D eigenvalue weighted by Gasteiger charge is -2.26. The third-order valence-electron chi connectivity index (χ3n) is 2.56. The van der Waals surface area contributed by atoms with Crippen molar-refractivity contribution in [2.24, 2.45) is 5.92 Å². The molecule has 1 heterocycles. The predicted molar refractivity (Wildman–Crippen MR) is 50.2 cm³/mol. The van der Waals surface area contributed by atoms with Crippen LogP contribution in [0.3, 0.4) is 0 Å². The summed E-state index contributed by atoms with van der Waals surface area (Å²) in [5.41, 5.74) is -0.877. The Morgan fingerprint density at radius 3 is 2.93 bits per heavy atom. The third-order valence-corrected chi connectivity index (χ3v) is 2.83. The molecular formula is C9H13ClO4. The minimum atomic E-state index is -0.979. The van der Waals surface area contributed by atoms with Gasteiger partial charge < -0.3 is 9.84 Å². The van der Waals surface area contributed by atoms with E-state index in [0.29, 0.717) is 18.7 Å². The lowest BCUT2D eigenvalue weighted by atomic mass is 9.85. The molecule has 2 atom stereocenters. The number of carbonyl (C=O) groups is 2. The average molecular weight is 221 g/mol. The van der Waals surface area contributed by atoms with E-state index in [-0.39, 0.29) is 6.42 Å². The van der Waals surface area contributed by atoms with Crippen LogP contribution in [0.15, 0.2) is 0 Å². The highest BCUT2D eigenvalue weighted by molar-refractivity contribution is 6.17. The second kappa shape index (κ2) is 4.17. The van der Waals surface area contributed by atoms with Gasteiger partial charge in [0.05, 0.1) is 6.42 Å². The Morgan fingerprint density at radius 2 is 2.43 bits per heavy atom. The Morgan fingerprint density at radius 1 is 1.79 bits per heavy atom. The molecular weight excluding hydrogens is 208 g/mol. The number of cyclic esters (lactones) is 1. The van der Waals surface area contributed by atoms with E-state index in [4.69, 9.17) is 21.4 Å². The number of carbonyl (C=O) groups excluding carboxylic acids is 1. The monoisotopic (exact) mass is 220 g/mol. The number of aliphatic carboxylic acids is 1. The molecule has 0 spiro atoms. The van der Waals surface area contributed by atoms with Gasteiger partial charge in [0.15, 0.2) is 0 Å². The molecule has 0 aliphatic carbocycles. The van der Waals surface area contributed by atoms with Crippen molar-refractivity contribution in [1.82, 2.24) is 0 Å². The maximum atomic E-state index is 11.0. The number of hydrogen-bond acceptors (Lipinski definition) is 3. The van der Waals surface area contributed by atoms with Gasteiger partial charge in [-0.25, -0.2) is 0 Å². The fourth-order valence-electron chi connectivity index (χ4n) is 1.75. The van der Waals surface area contributed by atoms with Gasteiger partial charge >= 0.3 is 11.9 Å². The normalized spacial score (nSPS) is 31.6. The first-order valence-electron chi connectivity index (χ1n) is 4.50. The molecule has 0 aromatic carbocycles. The van der Waals surface area contributed by atoms with Crippen LogP contribution in [0.1, 0.15) is 26.2 Å². The first-order valence-corrected chi connectivity index (χ1v) is 5.03. The zero-order valence-electron chi connectivity index (χ0n) is 7.96. The summed E-state index contributed by atoms with van der Waals surface area (Å²) >= 11 is 5.52. The largest absolute Gasteiger partial charge is 0.481 e. The summed E-state index contributed by atoms with van der Waals surface area (Å²) in [6.45, 7) is 1.66. The minimum absolute atomic E-state index is 0.0336. The van der Waals surface area contributed by atoms with Crippen LogP contribution in [-0.2, 0) is 14.3 Å². The number of rotatable bonds is 4. The maximum absolute atomic E-state index is 11.0. The van der Waals surface area contributed by atoms with Crippen molar-refractivity contribution in [1.29, 1.82) is 0 Å². The molecule has 1 saturated heterocycles. The number of ether oxygens (including phenoxy) is 1. The summed E-state index contributed by atoms with van der Waals surface area (Å²) in [4.78, 5) is 21.9. The molecule has 1 aliphatic heterocycles. The molecule has 2 unspecified atom stereocenters. The molecule has 0 bridgehead atoms. The van der Waals surface area contributed by atoms with E-state index in [1.807, 2.05) is 0 Å². The van der Waals surface area contributed by atoms with Crippen LogP contribution < -0.4 is 0 Å². The standard InChI is InChI=1S/C9H13ClO4/c1-9(3-2-4-10)6(8(12)13)5-7(11)14-9/h6H,2-5H2,1H3,(H,12,13). The number of esters is 1. The first kappa shape index (κ1) is 11.3. The van der Waals surface area contributed by atoms with Crippen molar-refractivity contribution in [3.8, 4) is 0 Å². The molecule has 0 saturated carbocycles. The van der Waals surface area contributed by atoms with Crippen LogP contribution in [0.25, 0.3) is 0 Å². The van der Waals surface area contributed by atoms with Crippen LogP contribution in [0.2, 0.25) is 0 Å². The van der Waals surface area contributed by atoms with E-state index >= 15 is 0 Å². The molecule has 1 fully saturated rings. The van der Waals surface area contributed by atoms with E-state index in [1.165, 1.54) is 0 Å². The lowest BCUT2D eigenvalue weighted by Crippen LogP contribution is -2.36. The van der Waals surface area contributed by atoms with Crippen molar-refractivity contribution in [3.63, 3.8) is 0 Å². The molecule has 1 aliphatic rings. The topological polar surface area (TPSA) is 63.6 Å². The molecule has 0 aromatic heterocycles. The highest BCUT2D eigenvalue weighted by Gasteiger charge is 2.49. The van der Waals surface area contributed by atoms with E-state index in [0.717, 1.165) is 0 Å². The van der Waals surface area contributed by atoms with Crippen LogP contribution in [-0.4, -0.2) is 28.5 Å². The average Bonchev–Trinajstić information content (AvgIpc) is 2.39. The summed E-state index contributed by atoms with van der Waals surface area (Å²) in [5.74, 6) is -1.71. The highest BCUT2D eigenvalue weighted by Crippen LogP contribution is 2.36. The fraction of sp³-hybridized carbons (Fsp3) is 0.778. The molecule has 80 valence electrons. The number of alkyl halides is 1. The number of carboxylic acids is 1. The summed E-state index contributed by atoms with van der Waals surface area (Å²) in [7, 11) is 0. The van der Waals surface area contributed by atoms with Crippen LogP contribution in [0.5, 0.6) is 0 Å². The minimum Gasteiger partial charge on any atom is -0.481 e. The fourth-order valence-corrected chi connectivity index (χ4v) is 1.88. The molecule has 14 heavy (non-hydrogen) atoms. The molecule has 0 aromatic rings. The van der Waals surface area contributed by atoms with Gasteiger partial charge in [0, 0.05) is 5.88 Å². The van der Waals surface area contributed by atoms with Crippen LogP contribution in [0, 0.1) is 5.92 Å². The summed E-state index contributed by atoms with van der Waals surface area (Å²) < 4.78 is 5.05. The van der Waals surface area contributed by atoms with Crippen molar-refractivity contribution < 1.29 is 19.4 Å². The zero-order valence-corrected chi connectivity index (χ0v) is 8.71. The quantitative estimate of drug-likeness (QED) is 0.575. The van der Waals surface area contributed by atoms with Crippen LogP contribution in [0.4, 0.5) is 0 Å². The Kier molecular flexibility index (Phi) is 3.37. The Bertz CT molecular complexity index is 253. The summed E-state index contributed by atoms with van der Waals surface area (Å²) in [6, 6.07) is 0. The van der Waals surface area contributed by atoms with Gasteiger partial charge in [0.2, 0.25) is 0 Å². The Hall–Kier alpha value is -0.770. The van der Waals surface area contributed by atoms with E-state index in [9.17, 15) is 9.59 Å². The number of hydrogen-bond donors (Lipinski definition) is 1. The molecule has 1 N–H and O–H groups in total. The maximum Gasteiger partial charge on any atom is 0.311 e. The van der Waals surface area contributed by atoms with E-state index in [1.54, 1.807) is 6.92 Å². The van der Waals surface area contributed by atoms with E-state index in [2.05, 4.69) is 0 Å². The second-order valence-electron chi connectivity index (χ2n) is 3.67. The number of carboxylic acid groups (broad SMARTS) is 1. The number of halogens is 1. The van der Waals surface area contributed by atoms with Crippen molar-refractivity contribution in [3.05, 3.63) is 0 Å². The highest BCUT2D eigenvalue weighted by atomic mass is 35.5. The second-order valence-corrected chi connectivity index (χ2v) is 4.05. The molecule has 1 rings (SSSR count). The van der Waals surface area contributed by atoms with Gasteiger partial charge in [-0.3, -0.25) is 9.59 Å². The van der Waals surface area contributed by atoms with Gasteiger partial charge in [0.1, 0.15) is 11.5 Å². The van der Waals surface area contributed by atoms with Gasteiger partial charge in [-0.2, -0.15) is 0 Å². The molecule has 5 heteroatoms. The lowest BCUT2D eigenvalue weighted by molar-refractivity contribution is -0.153. The van der Waals surface area contributed by atoms with Gasteiger partial charge in [-0.15, -0.1) is 11.6 Å². The molecule has 0 amide bonds. The zero-order chi connectivity index (χ0) is 10.8. The van der Waals surface area contributed by atoms with Gasteiger partial charge in [-0.05, 0) is 19.8 Å². The van der Waals surface area contributed by atoms with Crippen molar-refractivity contribution >= 4 is 23.5 Å². The Labute approximate surface area is 87.2 Å². The summed E-state index contributed by atoms with van der Waals surface area (Å²) in [6.07, 6.45) is 1.11. The van der Waals surface area contributed by atoms with Gasteiger partial charge in [-0.1, -0.05) is 0 Å². The van der Waals surface area contributed by atoms with Crippen LogP contribution >= 0.6 is 11.6 Å². The smallest absolute Gasteiger partial charge is 0.311 e. The van der Waals surface area contributed by atoms with Crippen molar-refractivity contribution in [2.45, 2.75) is 31.8 Å². The van der Waals surface area contributed by atoms with Gasteiger partial charge in [0.25, 0.3) is 0 Å². The SMILES string of the molecule is CC1(CCCCl)OC(=O)CC1C(=O)O. The third kappa shape index (κ3) is 2.18. The summed E-state index contributed by atoms with van der Waals surface area (Å²) in [5, 5.41) is 8.90.